The first kappa shape index (κ1) is 23.1. The molecule has 1 amide bonds. The van der Waals surface area contributed by atoms with Gasteiger partial charge in [0.15, 0.2) is 0 Å². The van der Waals surface area contributed by atoms with Crippen LogP contribution in [0.3, 0.4) is 0 Å². The average molecular weight is 420 g/mol. The molecule has 2 aromatic carbocycles. The molecule has 0 bridgehead atoms. The summed E-state index contributed by atoms with van der Waals surface area (Å²) in [6, 6.07) is 15.8. The van der Waals surface area contributed by atoms with E-state index in [0.717, 1.165) is 35.4 Å². The number of aryl methyl sites for hydroxylation is 2. The number of rotatable bonds is 12. The number of fused-ring (bicyclic) bond motifs is 1. The van der Waals surface area contributed by atoms with Crippen molar-refractivity contribution in [3.05, 3.63) is 65.5 Å². The van der Waals surface area contributed by atoms with E-state index in [1.165, 1.54) is 44.9 Å². The van der Waals surface area contributed by atoms with Crippen LogP contribution in [0.2, 0.25) is 0 Å². The smallest absolute Gasteiger partial charge is 0.251 e. The lowest BCUT2D eigenvalue weighted by atomic mass is 10.1. The zero-order valence-electron chi connectivity index (χ0n) is 19.4. The number of carbonyl (C=O) groups is 1. The number of nitrogens with zero attached hydrogens (tertiary/aromatic N) is 2. The fraction of sp³-hybridized carbons (Fsp3) is 0.481. The van der Waals surface area contributed by atoms with E-state index < -0.39 is 0 Å². The topological polar surface area (TPSA) is 46.9 Å². The SMILES string of the molecule is CCCCCCCCCCn1c(C(C)NC(=O)c2cccc(C)c2)nc2ccccc21. The van der Waals surface area contributed by atoms with Gasteiger partial charge in [0, 0.05) is 12.1 Å². The molecule has 4 heteroatoms. The molecule has 0 aliphatic rings. The van der Waals surface area contributed by atoms with Crippen molar-refractivity contribution in [2.45, 2.75) is 84.7 Å². The summed E-state index contributed by atoms with van der Waals surface area (Å²) in [7, 11) is 0. The Labute approximate surface area is 187 Å². The predicted molar refractivity (Wildman–Crippen MR) is 129 cm³/mol. The number of imidazole rings is 1. The van der Waals surface area contributed by atoms with Gasteiger partial charge in [-0.15, -0.1) is 0 Å². The molecule has 1 heterocycles. The Morgan fingerprint density at radius 1 is 0.968 bits per heavy atom. The molecule has 0 fully saturated rings. The number of unbranched alkanes of at least 4 members (excludes halogenated alkanes) is 7. The second kappa shape index (κ2) is 11.7. The summed E-state index contributed by atoms with van der Waals surface area (Å²) in [5.41, 5.74) is 3.92. The first-order chi connectivity index (χ1) is 15.1. The largest absolute Gasteiger partial charge is 0.342 e. The maximum Gasteiger partial charge on any atom is 0.251 e. The molecule has 0 saturated carbocycles. The Balaban J connectivity index is 1.65. The molecule has 1 atom stereocenters. The lowest BCUT2D eigenvalue weighted by molar-refractivity contribution is 0.0937. The molecule has 1 N–H and O–H groups in total. The monoisotopic (exact) mass is 419 g/mol. The summed E-state index contributed by atoms with van der Waals surface area (Å²) in [6.45, 7) is 7.23. The molecule has 0 saturated heterocycles. The Hall–Kier alpha value is -2.62. The number of benzene rings is 2. The highest BCUT2D eigenvalue weighted by Crippen LogP contribution is 2.22. The lowest BCUT2D eigenvalue weighted by Crippen LogP contribution is -2.28. The summed E-state index contributed by atoms with van der Waals surface area (Å²) >= 11 is 0. The van der Waals surface area contributed by atoms with Crippen molar-refractivity contribution in [3.8, 4) is 0 Å². The van der Waals surface area contributed by atoms with Crippen LogP contribution in [0.5, 0.6) is 0 Å². The molecule has 1 aromatic heterocycles. The highest BCUT2D eigenvalue weighted by atomic mass is 16.1. The minimum atomic E-state index is -0.158. The van der Waals surface area contributed by atoms with Crippen molar-refractivity contribution < 1.29 is 4.79 Å². The first-order valence-electron chi connectivity index (χ1n) is 11.9. The molecular formula is C27H37N3O. The standard InChI is InChI=1S/C27H37N3O/c1-4-5-6-7-8-9-10-13-19-30-25-18-12-11-17-24(25)29-26(30)22(3)28-27(31)23-16-14-15-21(2)20-23/h11-12,14-18,20,22H,4-10,13,19H2,1-3H3,(H,28,31). The van der Waals surface area contributed by atoms with E-state index in [1.807, 2.05) is 44.2 Å². The molecule has 31 heavy (non-hydrogen) atoms. The number of para-hydroxylation sites is 2. The minimum absolute atomic E-state index is 0.0538. The van der Waals surface area contributed by atoms with E-state index in [2.05, 4.69) is 35.0 Å². The van der Waals surface area contributed by atoms with E-state index in [0.29, 0.717) is 5.56 Å². The molecule has 3 rings (SSSR count). The van der Waals surface area contributed by atoms with Crippen LogP contribution in [0.25, 0.3) is 11.0 Å². The summed E-state index contributed by atoms with van der Waals surface area (Å²) in [4.78, 5) is 17.6. The molecule has 0 spiro atoms. The van der Waals surface area contributed by atoms with Gasteiger partial charge in [0.05, 0.1) is 17.1 Å². The fourth-order valence-corrected chi connectivity index (χ4v) is 4.19. The van der Waals surface area contributed by atoms with Crippen LogP contribution in [-0.2, 0) is 6.54 Å². The van der Waals surface area contributed by atoms with Gasteiger partial charge in [-0.25, -0.2) is 4.98 Å². The number of carbonyl (C=O) groups excluding carboxylic acids is 1. The van der Waals surface area contributed by atoms with Crippen LogP contribution in [0.4, 0.5) is 0 Å². The fourth-order valence-electron chi connectivity index (χ4n) is 4.19. The van der Waals surface area contributed by atoms with Crippen LogP contribution in [0, 0.1) is 6.92 Å². The molecular weight excluding hydrogens is 382 g/mol. The van der Waals surface area contributed by atoms with E-state index in [4.69, 9.17) is 4.98 Å². The van der Waals surface area contributed by atoms with Crippen LogP contribution in [0.1, 0.15) is 93.0 Å². The molecule has 1 unspecified atom stereocenters. The van der Waals surface area contributed by atoms with Gasteiger partial charge in [0.1, 0.15) is 5.82 Å². The van der Waals surface area contributed by atoms with Gasteiger partial charge in [0.2, 0.25) is 0 Å². The van der Waals surface area contributed by atoms with Gasteiger partial charge in [-0.2, -0.15) is 0 Å². The summed E-state index contributed by atoms with van der Waals surface area (Å²) in [6.07, 6.45) is 10.4. The number of aromatic nitrogens is 2. The third-order valence-electron chi connectivity index (χ3n) is 5.93. The lowest BCUT2D eigenvalue weighted by Gasteiger charge is -2.17. The molecule has 3 aromatic rings. The van der Waals surface area contributed by atoms with Crippen LogP contribution >= 0.6 is 0 Å². The number of hydrogen-bond acceptors (Lipinski definition) is 2. The van der Waals surface area contributed by atoms with E-state index in [-0.39, 0.29) is 11.9 Å². The highest BCUT2D eigenvalue weighted by molar-refractivity contribution is 5.94. The average Bonchev–Trinajstić information content (AvgIpc) is 3.14. The predicted octanol–water partition coefficient (Wildman–Crippen LogP) is 6.98. The molecule has 166 valence electrons. The third kappa shape index (κ3) is 6.43. The summed E-state index contributed by atoms with van der Waals surface area (Å²) in [5, 5.41) is 3.15. The van der Waals surface area contributed by atoms with Gasteiger partial charge in [0.25, 0.3) is 5.91 Å². The van der Waals surface area contributed by atoms with Crippen molar-refractivity contribution in [2.75, 3.05) is 0 Å². The van der Waals surface area contributed by atoms with Gasteiger partial charge in [-0.05, 0) is 44.5 Å². The normalized spacial score (nSPS) is 12.2. The second-order valence-corrected chi connectivity index (χ2v) is 8.65. The summed E-state index contributed by atoms with van der Waals surface area (Å²) < 4.78 is 2.30. The highest BCUT2D eigenvalue weighted by Gasteiger charge is 2.19. The van der Waals surface area contributed by atoms with Crippen LogP contribution in [-0.4, -0.2) is 15.5 Å². The molecule has 0 radical (unpaired) electrons. The van der Waals surface area contributed by atoms with Gasteiger partial charge in [-0.1, -0.05) is 81.7 Å². The van der Waals surface area contributed by atoms with Gasteiger partial charge >= 0.3 is 0 Å². The third-order valence-corrected chi connectivity index (χ3v) is 5.93. The van der Waals surface area contributed by atoms with E-state index in [1.54, 1.807) is 0 Å². The van der Waals surface area contributed by atoms with Crippen molar-refractivity contribution in [2.24, 2.45) is 0 Å². The summed E-state index contributed by atoms with van der Waals surface area (Å²) in [5.74, 6) is 0.882. The van der Waals surface area contributed by atoms with Crippen LogP contribution in [0.15, 0.2) is 48.5 Å². The van der Waals surface area contributed by atoms with Gasteiger partial charge in [-0.3, -0.25) is 4.79 Å². The Kier molecular flexibility index (Phi) is 8.69. The molecule has 0 aliphatic carbocycles. The minimum Gasteiger partial charge on any atom is -0.342 e. The van der Waals surface area contributed by atoms with Crippen LogP contribution < -0.4 is 5.32 Å². The van der Waals surface area contributed by atoms with E-state index >= 15 is 0 Å². The van der Waals surface area contributed by atoms with Crippen molar-refractivity contribution in [1.82, 2.24) is 14.9 Å². The zero-order valence-corrected chi connectivity index (χ0v) is 19.4. The van der Waals surface area contributed by atoms with Crippen molar-refractivity contribution in [3.63, 3.8) is 0 Å². The quantitative estimate of drug-likeness (QED) is 0.322. The number of nitrogens with one attached hydrogen (secondary N) is 1. The number of amides is 1. The number of hydrogen-bond donors (Lipinski definition) is 1. The zero-order chi connectivity index (χ0) is 22.1. The Bertz CT molecular complexity index is 976. The maximum atomic E-state index is 12.8. The van der Waals surface area contributed by atoms with Gasteiger partial charge < -0.3 is 9.88 Å². The molecule has 0 aliphatic heterocycles. The second-order valence-electron chi connectivity index (χ2n) is 8.65. The van der Waals surface area contributed by atoms with Crippen molar-refractivity contribution in [1.29, 1.82) is 0 Å². The Morgan fingerprint density at radius 2 is 1.68 bits per heavy atom. The van der Waals surface area contributed by atoms with Crippen molar-refractivity contribution >= 4 is 16.9 Å². The van der Waals surface area contributed by atoms with E-state index in [9.17, 15) is 4.79 Å². The molecule has 4 nitrogen and oxygen atoms in total. The maximum absolute atomic E-state index is 12.8. The Morgan fingerprint density at radius 3 is 2.42 bits per heavy atom. The first-order valence-corrected chi connectivity index (χ1v) is 11.9.